The zero-order valence-corrected chi connectivity index (χ0v) is 13.3. The Morgan fingerprint density at radius 1 is 1.41 bits per heavy atom. The summed E-state index contributed by atoms with van der Waals surface area (Å²) in [6, 6.07) is 1.67. The van der Waals surface area contributed by atoms with E-state index in [2.05, 4.69) is 5.32 Å². The summed E-state index contributed by atoms with van der Waals surface area (Å²) in [5, 5.41) is 3.22. The summed E-state index contributed by atoms with van der Waals surface area (Å²) in [4.78, 5) is 27.5. The average molecular weight is 309 g/mol. The van der Waals surface area contributed by atoms with Crippen molar-refractivity contribution in [3.8, 4) is 0 Å². The van der Waals surface area contributed by atoms with Gasteiger partial charge in [0.25, 0.3) is 0 Å². The summed E-state index contributed by atoms with van der Waals surface area (Å²) in [6.07, 6.45) is 0. The van der Waals surface area contributed by atoms with Crippen LogP contribution in [0.25, 0.3) is 0 Å². The number of ether oxygens (including phenoxy) is 1. The second kappa shape index (κ2) is 7.42. The van der Waals surface area contributed by atoms with E-state index in [0.29, 0.717) is 30.2 Å². The van der Waals surface area contributed by atoms with Crippen LogP contribution >= 0.6 is 0 Å². The van der Waals surface area contributed by atoms with Crippen LogP contribution in [0.3, 0.4) is 0 Å². The molecular formula is C15H23N3O4. The molecule has 1 amide bonds. The van der Waals surface area contributed by atoms with Crippen molar-refractivity contribution in [1.29, 1.82) is 0 Å². The number of nitrogens with zero attached hydrogens (tertiary/aromatic N) is 2. The monoisotopic (exact) mass is 309 g/mol. The van der Waals surface area contributed by atoms with E-state index in [0.717, 1.165) is 26.2 Å². The van der Waals surface area contributed by atoms with Crippen LogP contribution in [0.4, 0.5) is 0 Å². The molecule has 0 unspecified atom stereocenters. The summed E-state index contributed by atoms with van der Waals surface area (Å²) in [6.45, 7) is 5.70. The van der Waals surface area contributed by atoms with Gasteiger partial charge < -0.3 is 19.4 Å². The lowest BCUT2D eigenvalue weighted by Crippen LogP contribution is -2.49. The van der Waals surface area contributed by atoms with Gasteiger partial charge >= 0.3 is 5.97 Å². The van der Waals surface area contributed by atoms with E-state index in [1.165, 1.54) is 7.11 Å². The number of rotatable bonds is 5. The first-order chi connectivity index (χ1) is 10.5. The SMILES string of the molecule is COC(=O)c1cc(CN(C)CC(=O)N2CCNCC2)oc1C. The number of carbonyl (C=O) groups is 2. The topological polar surface area (TPSA) is 75.0 Å². The Balaban J connectivity index is 1.90. The van der Waals surface area contributed by atoms with Crippen LogP contribution in [0.15, 0.2) is 10.5 Å². The number of likely N-dealkylation sites (N-methyl/N-ethyl adjacent to an activating group) is 1. The molecule has 22 heavy (non-hydrogen) atoms. The van der Waals surface area contributed by atoms with Crippen molar-refractivity contribution in [2.45, 2.75) is 13.5 Å². The predicted octanol–water partition coefficient (Wildman–Crippen LogP) is 0.238. The van der Waals surface area contributed by atoms with Crippen LogP contribution < -0.4 is 5.32 Å². The molecule has 1 N–H and O–H groups in total. The molecule has 1 aliphatic heterocycles. The fourth-order valence-corrected chi connectivity index (χ4v) is 2.50. The highest BCUT2D eigenvalue weighted by atomic mass is 16.5. The molecule has 0 radical (unpaired) electrons. The first-order valence-corrected chi connectivity index (χ1v) is 7.36. The van der Waals surface area contributed by atoms with Crippen molar-refractivity contribution < 1.29 is 18.7 Å². The summed E-state index contributed by atoms with van der Waals surface area (Å²) >= 11 is 0. The molecule has 0 aliphatic carbocycles. The number of methoxy groups -OCH3 is 1. The Labute approximate surface area is 130 Å². The molecule has 7 nitrogen and oxygen atoms in total. The van der Waals surface area contributed by atoms with Gasteiger partial charge in [0.2, 0.25) is 5.91 Å². The Morgan fingerprint density at radius 2 is 2.09 bits per heavy atom. The maximum absolute atomic E-state index is 12.2. The number of hydrogen-bond donors (Lipinski definition) is 1. The van der Waals surface area contributed by atoms with Crippen molar-refractivity contribution in [3.63, 3.8) is 0 Å². The van der Waals surface area contributed by atoms with Crippen LogP contribution in [0.1, 0.15) is 21.9 Å². The van der Waals surface area contributed by atoms with Crippen LogP contribution in [0.5, 0.6) is 0 Å². The number of esters is 1. The molecule has 2 heterocycles. The molecule has 0 spiro atoms. The molecule has 1 aromatic heterocycles. The number of carbonyl (C=O) groups excluding carboxylic acids is 2. The first kappa shape index (κ1) is 16.5. The van der Waals surface area contributed by atoms with Crippen LogP contribution in [-0.4, -0.2) is 68.6 Å². The Kier molecular flexibility index (Phi) is 5.57. The van der Waals surface area contributed by atoms with Gasteiger partial charge in [-0.25, -0.2) is 4.79 Å². The molecular weight excluding hydrogens is 286 g/mol. The van der Waals surface area contributed by atoms with Gasteiger partial charge in [0, 0.05) is 26.2 Å². The van der Waals surface area contributed by atoms with Gasteiger partial charge in [-0.05, 0) is 20.0 Å². The maximum Gasteiger partial charge on any atom is 0.341 e. The van der Waals surface area contributed by atoms with Crippen LogP contribution in [0.2, 0.25) is 0 Å². The third-order valence-corrected chi connectivity index (χ3v) is 3.67. The molecule has 0 saturated carbocycles. The largest absolute Gasteiger partial charge is 0.465 e. The van der Waals surface area contributed by atoms with Gasteiger partial charge in [0.05, 0.1) is 20.2 Å². The highest BCUT2D eigenvalue weighted by Crippen LogP contribution is 2.17. The quantitative estimate of drug-likeness (QED) is 0.785. The lowest BCUT2D eigenvalue weighted by Gasteiger charge is -2.29. The molecule has 1 aliphatic rings. The van der Waals surface area contributed by atoms with E-state index in [1.54, 1.807) is 13.0 Å². The van der Waals surface area contributed by atoms with Crippen molar-refractivity contribution in [1.82, 2.24) is 15.1 Å². The van der Waals surface area contributed by atoms with Crippen molar-refractivity contribution in [2.24, 2.45) is 0 Å². The van der Waals surface area contributed by atoms with Gasteiger partial charge in [-0.15, -0.1) is 0 Å². The number of hydrogen-bond acceptors (Lipinski definition) is 6. The molecule has 0 aromatic carbocycles. The third-order valence-electron chi connectivity index (χ3n) is 3.67. The number of amides is 1. The zero-order chi connectivity index (χ0) is 16.1. The van der Waals surface area contributed by atoms with Gasteiger partial charge in [-0.3, -0.25) is 9.69 Å². The first-order valence-electron chi connectivity index (χ1n) is 7.36. The average Bonchev–Trinajstić information content (AvgIpc) is 2.87. The molecule has 7 heteroatoms. The summed E-state index contributed by atoms with van der Waals surface area (Å²) in [7, 11) is 3.20. The zero-order valence-electron chi connectivity index (χ0n) is 13.3. The van der Waals surface area contributed by atoms with Crippen LogP contribution in [-0.2, 0) is 16.1 Å². The molecule has 2 rings (SSSR count). The van der Waals surface area contributed by atoms with E-state index in [4.69, 9.17) is 9.15 Å². The highest BCUT2D eigenvalue weighted by molar-refractivity contribution is 5.90. The van der Waals surface area contributed by atoms with Gasteiger partial charge in [-0.2, -0.15) is 0 Å². The van der Waals surface area contributed by atoms with E-state index in [1.807, 2.05) is 16.8 Å². The predicted molar refractivity (Wildman–Crippen MR) is 80.6 cm³/mol. The van der Waals surface area contributed by atoms with E-state index >= 15 is 0 Å². The van der Waals surface area contributed by atoms with Gasteiger partial charge in [0.1, 0.15) is 17.1 Å². The normalized spacial score (nSPS) is 15.2. The summed E-state index contributed by atoms with van der Waals surface area (Å²) in [5.41, 5.74) is 0.430. The second-order valence-electron chi connectivity index (χ2n) is 5.48. The van der Waals surface area contributed by atoms with Gasteiger partial charge in [-0.1, -0.05) is 0 Å². The maximum atomic E-state index is 12.2. The fourth-order valence-electron chi connectivity index (χ4n) is 2.50. The number of nitrogens with one attached hydrogen (secondary N) is 1. The van der Waals surface area contributed by atoms with Crippen molar-refractivity contribution in [3.05, 3.63) is 23.2 Å². The minimum Gasteiger partial charge on any atom is -0.465 e. The number of piperazine rings is 1. The molecule has 1 aromatic rings. The minimum atomic E-state index is -0.410. The lowest BCUT2D eigenvalue weighted by atomic mass is 10.2. The van der Waals surface area contributed by atoms with E-state index in [-0.39, 0.29) is 5.91 Å². The minimum absolute atomic E-state index is 0.112. The van der Waals surface area contributed by atoms with Gasteiger partial charge in [0.15, 0.2) is 0 Å². The molecule has 0 atom stereocenters. The Hall–Kier alpha value is -1.86. The van der Waals surface area contributed by atoms with Crippen molar-refractivity contribution in [2.75, 3.05) is 46.9 Å². The smallest absolute Gasteiger partial charge is 0.341 e. The standard InChI is InChI=1S/C15H23N3O4/c1-11-13(15(20)21-3)8-12(22-11)9-17(2)10-14(19)18-6-4-16-5-7-18/h8,16H,4-7,9-10H2,1-3H3. The molecule has 1 saturated heterocycles. The summed E-state index contributed by atoms with van der Waals surface area (Å²) < 4.78 is 10.3. The molecule has 1 fully saturated rings. The molecule has 0 bridgehead atoms. The second-order valence-corrected chi connectivity index (χ2v) is 5.48. The Bertz CT molecular complexity index is 535. The van der Waals surface area contributed by atoms with Crippen molar-refractivity contribution >= 4 is 11.9 Å². The van der Waals surface area contributed by atoms with E-state index < -0.39 is 5.97 Å². The highest BCUT2D eigenvalue weighted by Gasteiger charge is 2.20. The summed E-state index contributed by atoms with van der Waals surface area (Å²) in [5.74, 6) is 0.879. The molecule has 122 valence electrons. The fraction of sp³-hybridized carbons (Fsp3) is 0.600. The van der Waals surface area contributed by atoms with Crippen LogP contribution in [0, 0.1) is 6.92 Å². The Morgan fingerprint density at radius 3 is 2.73 bits per heavy atom. The number of aryl methyl sites for hydroxylation is 1. The lowest BCUT2D eigenvalue weighted by molar-refractivity contribution is -0.132. The van der Waals surface area contributed by atoms with E-state index in [9.17, 15) is 9.59 Å². The third kappa shape index (κ3) is 4.08. The number of furan rings is 1.